The van der Waals surface area contributed by atoms with Gasteiger partial charge >= 0.3 is 0 Å². The highest BCUT2D eigenvalue weighted by molar-refractivity contribution is 8.00. The van der Waals surface area contributed by atoms with E-state index in [1.165, 1.54) is 0 Å². The fraction of sp³-hybridized carbons (Fsp3) is 0.929. The molecule has 1 rings (SSSR count). The average Bonchev–Trinajstić information content (AvgIpc) is 2.22. The Kier molecular flexibility index (Phi) is 5.18. The van der Waals surface area contributed by atoms with Gasteiger partial charge in [0.1, 0.15) is 5.25 Å². The molecule has 0 spiro atoms. The van der Waals surface area contributed by atoms with Crippen molar-refractivity contribution in [3.8, 4) is 0 Å². The van der Waals surface area contributed by atoms with Gasteiger partial charge in [-0.25, -0.2) is 0 Å². The Bertz CT molecular complexity index is 339. The number of amides is 1. The Morgan fingerprint density at radius 3 is 2.32 bits per heavy atom. The lowest BCUT2D eigenvalue weighted by Gasteiger charge is -2.58. The first-order valence-corrected chi connectivity index (χ1v) is 11.2. The van der Waals surface area contributed by atoms with Crippen LogP contribution in [0.3, 0.4) is 0 Å². The van der Waals surface area contributed by atoms with Crippen molar-refractivity contribution in [1.82, 2.24) is 4.57 Å². The summed E-state index contributed by atoms with van der Waals surface area (Å²) >= 11 is 1.73. The van der Waals surface area contributed by atoms with Crippen molar-refractivity contribution >= 4 is 25.9 Å². The molecule has 0 aromatic rings. The lowest BCUT2D eigenvalue weighted by molar-refractivity contribution is -0.138. The third-order valence-corrected chi connectivity index (χ3v) is 11.2. The molecule has 1 heterocycles. The molecule has 0 saturated carbocycles. The largest absolute Gasteiger partial charge is 0.393 e. The molecule has 0 aromatic carbocycles. The molecule has 3 nitrogen and oxygen atoms in total. The van der Waals surface area contributed by atoms with Gasteiger partial charge in [0.2, 0.25) is 5.91 Å². The maximum absolute atomic E-state index is 12.5. The summed E-state index contributed by atoms with van der Waals surface area (Å²) in [5, 5.41) is 9.93. The van der Waals surface area contributed by atoms with Crippen LogP contribution in [0.1, 0.15) is 41.0 Å². The molecule has 1 saturated heterocycles. The van der Waals surface area contributed by atoms with Crippen LogP contribution in [0.15, 0.2) is 0 Å². The van der Waals surface area contributed by atoms with Crippen molar-refractivity contribution in [2.24, 2.45) is 0 Å². The second kappa shape index (κ2) is 5.78. The quantitative estimate of drug-likeness (QED) is 0.627. The van der Waals surface area contributed by atoms with E-state index in [4.69, 9.17) is 0 Å². The lowest BCUT2D eigenvalue weighted by atomic mass is 9.99. The third-order valence-electron chi connectivity index (χ3n) is 4.53. The van der Waals surface area contributed by atoms with E-state index in [9.17, 15) is 9.90 Å². The molecular formula is C14H29NO2SSi. The molecule has 0 bridgehead atoms. The summed E-state index contributed by atoms with van der Waals surface area (Å²) in [6.45, 7) is 15.1. The zero-order valence-corrected chi connectivity index (χ0v) is 15.2. The van der Waals surface area contributed by atoms with E-state index in [0.717, 1.165) is 5.75 Å². The van der Waals surface area contributed by atoms with E-state index < -0.39 is 8.24 Å². The number of hydrogen-bond donors (Lipinski definition) is 1. The minimum Gasteiger partial charge on any atom is -0.393 e. The molecular weight excluding hydrogens is 274 g/mol. The molecule has 3 atom stereocenters. The number of hydrogen-bond acceptors (Lipinski definition) is 3. The highest BCUT2D eigenvalue weighted by Gasteiger charge is 2.57. The van der Waals surface area contributed by atoms with E-state index in [0.29, 0.717) is 12.3 Å². The van der Waals surface area contributed by atoms with E-state index in [1.807, 2.05) is 6.92 Å². The number of aliphatic hydroxyl groups excluding tert-OH is 1. The zero-order chi connectivity index (χ0) is 15.0. The molecule has 0 aliphatic carbocycles. The molecule has 19 heavy (non-hydrogen) atoms. The Morgan fingerprint density at radius 1 is 1.42 bits per heavy atom. The van der Waals surface area contributed by atoms with Crippen molar-refractivity contribution in [3.63, 3.8) is 0 Å². The van der Waals surface area contributed by atoms with Crippen molar-refractivity contribution in [1.29, 1.82) is 0 Å². The van der Waals surface area contributed by atoms with Gasteiger partial charge in [-0.1, -0.05) is 40.8 Å². The topological polar surface area (TPSA) is 40.5 Å². The second-order valence-corrected chi connectivity index (χ2v) is 13.6. The maximum atomic E-state index is 12.5. The smallest absolute Gasteiger partial charge is 0.230 e. The first-order valence-electron chi connectivity index (χ1n) is 7.17. The molecule has 3 unspecified atom stereocenters. The van der Waals surface area contributed by atoms with Crippen LogP contribution in [0, 0.1) is 0 Å². The average molecular weight is 304 g/mol. The summed E-state index contributed by atoms with van der Waals surface area (Å²) in [4.78, 5) is 12.5. The van der Waals surface area contributed by atoms with Gasteiger partial charge in [-0.15, -0.1) is 11.8 Å². The van der Waals surface area contributed by atoms with E-state index >= 15 is 0 Å². The van der Waals surface area contributed by atoms with Crippen LogP contribution in [-0.4, -0.2) is 47.0 Å². The monoisotopic (exact) mass is 303 g/mol. The third kappa shape index (κ3) is 3.19. The number of thioether (sulfide) groups is 1. The predicted molar refractivity (Wildman–Crippen MR) is 86.0 cm³/mol. The fourth-order valence-corrected chi connectivity index (χ4v) is 6.28. The van der Waals surface area contributed by atoms with Crippen molar-refractivity contribution in [2.75, 3.05) is 5.75 Å². The molecule has 1 fully saturated rings. The van der Waals surface area contributed by atoms with Crippen molar-refractivity contribution in [2.45, 2.75) is 76.6 Å². The number of carbonyl (C=O) groups excluding carboxylic acids is 1. The number of aliphatic hydroxyl groups is 1. The highest BCUT2D eigenvalue weighted by atomic mass is 32.2. The molecule has 112 valence electrons. The minimum absolute atomic E-state index is 0.0636. The van der Waals surface area contributed by atoms with Gasteiger partial charge in [0.05, 0.1) is 6.10 Å². The summed E-state index contributed by atoms with van der Waals surface area (Å²) in [6, 6.07) is 0.221. The van der Waals surface area contributed by atoms with Crippen LogP contribution in [0.4, 0.5) is 0 Å². The van der Waals surface area contributed by atoms with E-state index in [1.54, 1.807) is 11.8 Å². The molecule has 0 radical (unpaired) electrons. The van der Waals surface area contributed by atoms with Gasteiger partial charge in [-0.05, 0) is 24.1 Å². The Morgan fingerprint density at radius 2 is 1.95 bits per heavy atom. The Hall–Kier alpha value is -0.00312. The van der Waals surface area contributed by atoms with E-state index in [-0.39, 0.29) is 22.4 Å². The summed E-state index contributed by atoms with van der Waals surface area (Å²) in [6.07, 6.45) is 0.362. The van der Waals surface area contributed by atoms with Gasteiger partial charge in [0.15, 0.2) is 8.24 Å². The summed E-state index contributed by atoms with van der Waals surface area (Å²) in [5.41, 5.74) is 0. The van der Waals surface area contributed by atoms with Crippen molar-refractivity contribution in [3.05, 3.63) is 0 Å². The highest BCUT2D eigenvalue weighted by Crippen LogP contribution is 2.46. The van der Waals surface area contributed by atoms with Crippen LogP contribution in [0.2, 0.25) is 18.1 Å². The zero-order valence-electron chi connectivity index (χ0n) is 13.4. The Balaban J connectivity index is 2.96. The SMILES string of the molecule is CCSC1C(=O)N([Si](C)(C)C(C)(C)C)C1CC(C)O. The summed E-state index contributed by atoms with van der Waals surface area (Å²) in [5.74, 6) is 1.25. The second-order valence-electron chi connectivity index (χ2n) is 7.05. The first kappa shape index (κ1) is 17.0. The maximum Gasteiger partial charge on any atom is 0.230 e. The molecule has 1 amide bonds. The van der Waals surface area contributed by atoms with Gasteiger partial charge < -0.3 is 9.67 Å². The minimum atomic E-state index is -1.83. The molecule has 1 N–H and O–H groups in total. The standard InChI is InChI=1S/C14H29NO2SSi/c1-8-18-12-11(9-10(2)16)15(13(12)17)19(6,7)14(3,4)5/h10-12,16H,8-9H2,1-7H3. The van der Waals surface area contributed by atoms with Gasteiger partial charge in [0, 0.05) is 6.04 Å². The van der Waals surface area contributed by atoms with Gasteiger partial charge in [-0.2, -0.15) is 0 Å². The normalized spacial score (nSPS) is 26.3. The Labute approximate surface area is 123 Å². The van der Waals surface area contributed by atoms with E-state index in [2.05, 4.69) is 45.4 Å². The van der Waals surface area contributed by atoms with Crippen LogP contribution in [0.5, 0.6) is 0 Å². The fourth-order valence-electron chi connectivity index (χ4n) is 2.51. The molecule has 5 heteroatoms. The summed E-state index contributed by atoms with van der Waals surface area (Å²) < 4.78 is 2.15. The number of rotatable bonds is 5. The van der Waals surface area contributed by atoms with Crippen LogP contribution in [0.25, 0.3) is 0 Å². The van der Waals surface area contributed by atoms with Crippen LogP contribution in [-0.2, 0) is 4.79 Å². The van der Waals surface area contributed by atoms with Crippen LogP contribution >= 0.6 is 11.8 Å². The molecule has 1 aliphatic heterocycles. The summed E-state index contributed by atoms with van der Waals surface area (Å²) in [7, 11) is -1.83. The number of β-lactam (4-membered cyclic amide) rings is 1. The number of carbonyl (C=O) groups is 1. The molecule has 1 aliphatic rings. The number of nitrogens with zero attached hydrogens (tertiary/aromatic N) is 1. The van der Waals surface area contributed by atoms with Crippen LogP contribution < -0.4 is 0 Å². The predicted octanol–water partition coefficient (Wildman–Crippen LogP) is 3.10. The lowest BCUT2D eigenvalue weighted by Crippen LogP contribution is -2.74. The first-order chi connectivity index (χ1) is 8.54. The van der Waals surface area contributed by atoms with Crippen molar-refractivity contribution < 1.29 is 9.90 Å². The molecule has 0 aromatic heterocycles. The van der Waals surface area contributed by atoms with Gasteiger partial charge in [0.25, 0.3) is 0 Å². The van der Waals surface area contributed by atoms with Gasteiger partial charge in [-0.3, -0.25) is 4.79 Å².